The van der Waals surface area contributed by atoms with Crippen LogP contribution in [0.25, 0.3) is 5.57 Å². The predicted molar refractivity (Wildman–Crippen MR) is 121 cm³/mol. The van der Waals surface area contributed by atoms with E-state index in [2.05, 4.69) is 0 Å². The summed E-state index contributed by atoms with van der Waals surface area (Å²) in [4.78, 5) is 37.7. The summed E-state index contributed by atoms with van der Waals surface area (Å²) in [5.74, 6) is -0.0758. The number of nitrogens with zero attached hydrogens (tertiary/aromatic N) is 2. The lowest BCUT2D eigenvalue weighted by atomic mass is 9.85. The Balaban J connectivity index is 2.17. The van der Waals surface area contributed by atoms with Crippen molar-refractivity contribution in [2.45, 2.75) is 46.1 Å². The smallest absolute Gasteiger partial charge is 0.434 e. The molecule has 1 aromatic carbocycles. The SMILES string of the molecule is CCOC(=O)OC1=C(c2cc(C)c(C)cc2C)C(=O)N(OCCOC)C12CCN(OC)CC2. The third-order valence-electron chi connectivity index (χ3n) is 6.31. The molecule has 3 rings (SSSR count). The van der Waals surface area contributed by atoms with Crippen LogP contribution in [0.5, 0.6) is 0 Å². The number of hydrogen-bond donors (Lipinski definition) is 0. The van der Waals surface area contributed by atoms with Gasteiger partial charge in [0.05, 0.1) is 32.5 Å². The second kappa shape index (κ2) is 10.6. The lowest BCUT2D eigenvalue weighted by Crippen LogP contribution is -2.55. The van der Waals surface area contributed by atoms with Gasteiger partial charge in [-0.05, 0) is 62.8 Å². The van der Waals surface area contributed by atoms with E-state index in [-0.39, 0.29) is 24.9 Å². The minimum atomic E-state index is -0.965. The molecule has 33 heavy (non-hydrogen) atoms. The molecule has 9 nitrogen and oxygen atoms in total. The fourth-order valence-electron chi connectivity index (χ4n) is 4.42. The Morgan fingerprint density at radius 1 is 1.03 bits per heavy atom. The van der Waals surface area contributed by atoms with Gasteiger partial charge in [0.1, 0.15) is 5.54 Å². The van der Waals surface area contributed by atoms with Crippen molar-refractivity contribution >= 4 is 17.6 Å². The van der Waals surface area contributed by atoms with E-state index in [1.165, 1.54) is 5.06 Å². The molecule has 1 saturated heterocycles. The van der Waals surface area contributed by atoms with Crippen LogP contribution in [0.15, 0.2) is 17.9 Å². The molecule has 1 spiro atoms. The standard InChI is InChI=1S/C24H34N2O7/c1-7-31-23(28)33-21-20(19-15-17(3)16(2)14-18(19)4)22(27)26(32-13-12-29-5)24(21)8-10-25(30-6)11-9-24/h14-15H,7-13H2,1-6H3. The molecule has 0 aliphatic carbocycles. The van der Waals surface area contributed by atoms with E-state index in [4.69, 9.17) is 23.9 Å². The lowest BCUT2D eigenvalue weighted by molar-refractivity contribution is -0.235. The molecule has 0 bridgehead atoms. The van der Waals surface area contributed by atoms with Gasteiger partial charge in [-0.2, -0.15) is 5.06 Å². The predicted octanol–water partition coefficient (Wildman–Crippen LogP) is 3.31. The van der Waals surface area contributed by atoms with Gasteiger partial charge in [-0.1, -0.05) is 12.1 Å². The zero-order valence-electron chi connectivity index (χ0n) is 20.4. The number of ether oxygens (including phenoxy) is 3. The van der Waals surface area contributed by atoms with Crippen LogP contribution >= 0.6 is 0 Å². The Kier molecular flexibility index (Phi) is 8.12. The van der Waals surface area contributed by atoms with E-state index >= 15 is 0 Å². The fourth-order valence-corrected chi connectivity index (χ4v) is 4.42. The van der Waals surface area contributed by atoms with Crippen molar-refractivity contribution in [3.63, 3.8) is 0 Å². The first-order chi connectivity index (χ1) is 15.8. The molecule has 9 heteroatoms. The van der Waals surface area contributed by atoms with E-state index in [0.29, 0.717) is 43.7 Å². The van der Waals surface area contributed by atoms with Crippen LogP contribution in [0.2, 0.25) is 0 Å². The van der Waals surface area contributed by atoms with Gasteiger partial charge in [0.15, 0.2) is 5.76 Å². The van der Waals surface area contributed by atoms with Crippen LogP contribution in [0, 0.1) is 20.8 Å². The topological polar surface area (TPSA) is 86.8 Å². The number of hydrogen-bond acceptors (Lipinski definition) is 8. The number of hydroxylamine groups is 4. The summed E-state index contributed by atoms with van der Waals surface area (Å²) in [6.45, 7) is 9.39. The second-order valence-electron chi connectivity index (χ2n) is 8.31. The van der Waals surface area contributed by atoms with Gasteiger partial charge in [-0.3, -0.25) is 9.63 Å². The molecule has 0 saturated carbocycles. The van der Waals surface area contributed by atoms with E-state index in [1.807, 2.05) is 38.0 Å². The summed E-state index contributed by atoms with van der Waals surface area (Å²) >= 11 is 0. The van der Waals surface area contributed by atoms with E-state index in [9.17, 15) is 9.59 Å². The van der Waals surface area contributed by atoms with Gasteiger partial charge in [-0.25, -0.2) is 9.86 Å². The van der Waals surface area contributed by atoms with Gasteiger partial charge >= 0.3 is 6.16 Å². The first-order valence-electron chi connectivity index (χ1n) is 11.2. The highest BCUT2D eigenvalue weighted by Gasteiger charge is 2.57. The molecule has 2 heterocycles. The molecule has 1 amide bonds. The quantitative estimate of drug-likeness (QED) is 0.430. The Labute approximate surface area is 195 Å². The summed E-state index contributed by atoms with van der Waals surface area (Å²) in [6.07, 6.45) is 0.0789. The number of amides is 1. The minimum absolute atomic E-state index is 0.163. The van der Waals surface area contributed by atoms with Crippen molar-refractivity contribution in [3.05, 3.63) is 40.1 Å². The highest BCUT2D eigenvalue weighted by atomic mass is 16.7. The number of piperidine rings is 1. The lowest BCUT2D eigenvalue weighted by Gasteiger charge is -2.43. The maximum atomic E-state index is 13.8. The van der Waals surface area contributed by atoms with Crippen LogP contribution in [-0.2, 0) is 28.7 Å². The van der Waals surface area contributed by atoms with Crippen LogP contribution in [0.3, 0.4) is 0 Å². The summed E-state index contributed by atoms with van der Waals surface area (Å²) < 4.78 is 16.0. The monoisotopic (exact) mass is 462 g/mol. The van der Waals surface area contributed by atoms with Crippen LogP contribution in [-0.4, -0.2) is 74.9 Å². The van der Waals surface area contributed by atoms with Gasteiger partial charge in [0, 0.05) is 20.2 Å². The molecule has 2 aliphatic heterocycles. The first kappa shape index (κ1) is 25.2. The number of carbonyl (C=O) groups is 2. The van der Waals surface area contributed by atoms with Crippen molar-refractivity contribution in [1.29, 1.82) is 0 Å². The largest absolute Gasteiger partial charge is 0.513 e. The average Bonchev–Trinajstić information content (AvgIpc) is 2.99. The molecule has 1 fully saturated rings. The molecule has 0 aromatic heterocycles. The van der Waals surface area contributed by atoms with Crippen molar-refractivity contribution < 1.29 is 33.5 Å². The third kappa shape index (κ3) is 4.91. The van der Waals surface area contributed by atoms with E-state index in [1.54, 1.807) is 21.1 Å². The Bertz CT molecular complexity index is 920. The molecule has 0 unspecified atom stereocenters. The third-order valence-corrected chi connectivity index (χ3v) is 6.31. The molecule has 1 aromatic rings. The second-order valence-corrected chi connectivity index (χ2v) is 8.31. The van der Waals surface area contributed by atoms with Crippen LogP contribution < -0.4 is 0 Å². The number of carbonyl (C=O) groups excluding carboxylic acids is 2. The van der Waals surface area contributed by atoms with Gasteiger partial charge in [-0.15, -0.1) is 0 Å². The molecule has 2 aliphatic rings. The van der Waals surface area contributed by atoms with Gasteiger partial charge in [0.25, 0.3) is 5.91 Å². The number of benzene rings is 1. The Hall–Kier alpha value is -2.46. The molecule has 182 valence electrons. The average molecular weight is 463 g/mol. The van der Waals surface area contributed by atoms with Gasteiger partial charge in [0.2, 0.25) is 0 Å². The highest BCUT2D eigenvalue weighted by molar-refractivity contribution is 6.23. The number of aryl methyl sites for hydroxylation is 3. The summed E-state index contributed by atoms with van der Waals surface area (Å²) in [5, 5.41) is 3.18. The van der Waals surface area contributed by atoms with E-state index in [0.717, 1.165) is 16.7 Å². The zero-order valence-corrected chi connectivity index (χ0v) is 20.4. The van der Waals surface area contributed by atoms with Crippen molar-refractivity contribution in [2.24, 2.45) is 0 Å². The van der Waals surface area contributed by atoms with E-state index < -0.39 is 11.7 Å². The van der Waals surface area contributed by atoms with Gasteiger partial charge < -0.3 is 19.0 Å². The number of rotatable bonds is 8. The summed E-state index contributed by atoms with van der Waals surface area (Å²) in [7, 11) is 3.18. The normalized spacial score (nSPS) is 18.4. The molecule has 0 N–H and O–H groups in total. The highest BCUT2D eigenvalue weighted by Crippen LogP contribution is 2.48. The van der Waals surface area contributed by atoms with Crippen LogP contribution in [0.4, 0.5) is 4.79 Å². The molecule has 0 atom stereocenters. The minimum Gasteiger partial charge on any atom is -0.434 e. The molecular formula is C24H34N2O7. The van der Waals surface area contributed by atoms with Crippen molar-refractivity contribution in [2.75, 3.05) is 47.1 Å². The first-order valence-corrected chi connectivity index (χ1v) is 11.2. The van der Waals surface area contributed by atoms with Crippen molar-refractivity contribution in [3.8, 4) is 0 Å². The number of methoxy groups -OCH3 is 1. The summed E-state index contributed by atoms with van der Waals surface area (Å²) in [5.41, 5.74) is 3.14. The fraction of sp³-hybridized carbons (Fsp3) is 0.583. The maximum Gasteiger partial charge on any atom is 0.513 e. The zero-order chi connectivity index (χ0) is 24.2. The van der Waals surface area contributed by atoms with Crippen molar-refractivity contribution in [1.82, 2.24) is 10.1 Å². The summed E-state index contributed by atoms with van der Waals surface area (Å²) in [6, 6.07) is 3.99. The molecular weight excluding hydrogens is 428 g/mol. The molecule has 0 radical (unpaired) electrons. The van der Waals surface area contributed by atoms with Crippen LogP contribution in [0.1, 0.15) is 42.0 Å². The Morgan fingerprint density at radius 2 is 1.70 bits per heavy atom. The maximum absolute atomic E-state index is 13.8. The Morgan fingerprint density at radius 3 is 2.30 bits per heavy atom.